The number of amides is 3. The summed E-state index contributed by atoms with van der Waals surface area (Å²) in [5.74, 6) is -3.61. The number of nitrogens with two attached hydrogens (primary N) is 3. The molecule has 202 valence electrons. The lowest BCUT2D eigenvalue weighted by Gasteiger charge is -2.25. The van der Waals surface area contributed by atoms with E-state index in [0.717, 1.165) is 0 Å². The predicted molar refractivity (Wildman–Crippen MR) is 130 cm³/mol. The number of aliphatic carboxylic acids is 1. The number of imidazole rings is 1. The molecular formula is C21H37N9O6. The molecule has 0 aliphatic rings. The number of rotatable bonds is 16. The highest BCUT2D eigenvalue weighted by Gasteiger charge is 2.30. The van der Waals surface area contributed by atoms with Gasteiger partial charge in [0.25, 0.3) is 0 Å². The van der Waals surface area contributed by atoms with Gasteiger partial charge in [-0.3, -0.25) is 19.4 Å². The van der Waals surface area contributed by atoms with Crippen LogP contribution >= 0.6 is 0 Å². The minimum atomic E-state index is -1.55. The predicted octanol–water partition coefficient (Wildman–Crippen LogP) is -3.09. The molecule has 1 rings (SSSR count). The van der Waals surface area contributed by atoms with Crippen molar-refractivity contribution in [1.82, 2.24) is 25.9 Å². The van der Waals surface area contributed by atoms with Crippen LogP contribution < -0.4 is 33.2 Å². The first-order valence-electron chi connectivity index (χ1n) is 11.5. The molecule has 1 aromatic heterocycles. The first-order valence-corrected chi connectivity index (χ1v) is 11.5. The number of carbonyl (C=O) groups excluding carboxylic acids is 3. The number of carboxylic acid groups (broad SMARTS) is 1. The molecule has 15 heteroatoms. The summed E-state index contributed by atoms with van der Waals surface area (Å²) in [6.45, 7) is 3.04. The lowest BCUT2D eigenvalue weighted by molar-refractivity contribution is -0.143. The Labute approximate surface area is 208 Å². The maximum absolute atomic E-state index is 13.1. The molecule has 4 atom stereocenters. The Hall–Kier alpha value is -3.72. The standard InChI is InChI=1S/C21H37N9O6/c1-11(2)6-15(29-17(32)13(22)7-12-8-25-10-27-12)19(34)28-14(4-3-5-26-21(23)24)18(33)30-16(9-31)20(35)36/h8,10-11,13-16,31H,3-7,9,22H2,1-2H3,(H,25,27)(H,28,34)(H,29,32)(H,30,33)(H,35,36)(H4,23,24,26). The number of carboxylic acids is 1. The van der Waals surface area contributed by atoms with Crippen LogP contribution in [0.15, 0.2) is 17.5 Å². The van der Waals surface area contributed by atoms with Crippen molar-refractivity contribution in [3.63, 3.8) is 0 Å². The molecule has 0 aromatic carbocycles. The Bertz CT molecular complexity index is 886. The van der Waals surface area contributed by atoms with Gasteiger partial charge in [-0.1, -0.05) is 13.8 Å². The van der Waals surface area contributed by atoms with E-state index in [1.807, 2.05) is 13.8 Å². The molecule has 4 unspecified atom stereocenters. The molecule has 0 saturated heterocycles. The van der Waals surface area contributed by atoms with E-state index in [2.05, 4.69) is 30.9 Å². The molecule has 36 heavy (non-hydrogen) atoms. The summed E-state index contributed by atoms with van der Waals surface area (Å²) < 4.78 is 0. The lowest BCUT2D eigenvalue weighted by atomic mass is 10.0. The molecule has 15 nitrogen and oxygen atoms in total. The summed E-state index contributed by atoms with van der Waals surface area (Å²) in [4.78, 5) is 60.2. The van der Waals surface area contributed by atoms with E-state index in [0.29, 0.717) is 5.69 Å². The second-order valence-electron chi connectivity index (χ2n) is 8.67. The average molecular weight is 512 g/mol. The third-order valence-electron chi connectivity index (χ3n) is 5.05. The fourth-order valence-corrected chi connectivity index (χ4v) is 3.21. The van der Waals surface area contributed by atoms with Crippen molar-refractivity contribution in [2.75, 3.05) is 13.2 Å². The molecule has 0 aliphatic carbocycles. The van der Waals surface area contributed by atoms with Crippen molar-refractivity contribution in [3.05, 3.63) is 18.2 Å². The van der Waals surface area contributed by atoms with Crippen molar-refractivity contribution >= 4 is 29.7 Å². The third-order valence-corrected chi connectivity index (χ3v) is 5.05. The van der Waals surface area contributed by atoms with Crippen molar-refractivity contribution in [2.24, 2.45) is 28.1 Å². The van der Waals surface area contributed by atoms with Gasteiger partial charge in [0.05, 0.1) is 19.0 Å². The van der Waals surface area contributed by atoms with E-state index < -0.39 is 54.5 Å². The number of guanidine groups is 1. The molecule has 1 heterocycles. The summed E-state index contributed by atoms with van der Waals surface area (Å²) >= 11 is 0. The van der Waals surface area contributed by atoms with Gasteiger partial charge in [-0.25, -0.2) is 9.78 Å². The maximum Gasteiger partial charge on any atom is 0.328 e. The molecule has 12 N–H and O–H groups in total. The molecule has 0 bridgehead atoms. The minimum Gasteiger partial charge on any atom is -0.480 e. The quantitative estimate of drug-likeness (QED) is 0.0613. The molecule has 0 aliphatic heterocycles. The number of nitrogens with one attached hydrogen (secondary N) is 4. The smallest absolute Gasteiger partial charge is 0.328 e. The molecule has 3 amide bonds. The van der Waals surface area contributed by atoms with Gasteiger partial charge >= 0.3 is 5.97 Å². The number of aromatic amines is 1. The Balaban J connectivity index is 2.95. The van der Waals surface area contributed by atoms with E-state index in [1.54, 1.807) is 0 Å². The Morgan fingerprint density at radius 1 is 1.06 bits per heavy atom. The zero-order valence-corrected chi connectivity index (χ0v) is 20.4. The highest BCUT2D eigenvalue weighted by atomic mass is 16.4. The normalized spacial score (nSPS) is 14.2. The Morgan fingerprint density at radius 3 is 2.19 bits per heavy atom. The number of carbonyl (C=O) groups is 4. The van der Waals surface area contributed by atoms with E-state index in [1.165, 1.54) is 12.5 Å². The van der Waals surface area contributed by atoms with Crippen molar-refractivity contribution in [3.8, 4) is 0 Å². The molecule has 0 radical (unpaired) electrons. The van der Waals surface area contributed by atoms with Crippen LogP contribution in [-0.2, 0) is 25.6 Å². The summed E-state index contributed by atoms with van der Waals surface area (Å²) in [5, 5.41) is 25.7. The van der Waals surface area contributed by atoms with Crippen LogP contribution in [0.5, 0.6) is 0 Å². The summed E-state index contributed by atoms with van der Waals surface area (Å²) in [6.07, 6.45) is 3.77. The first-order chi connectivity index (χ1) is 16.9. The van der Waals surface area contributed by atoms with Gasteiger partial charge in [0, 0.05) is 24.9 Å². The van der Waals surface area contributed by atoms with Gasteiger partial charge in [-0.05, 0) is 25.2 Å². The van der Waals surface area contributed by atoms with E-state index in [4.69, 9.17) is 22.3 Å². The van der Waals surface area contributed by atoms with Crippen LogP contribution in [0.4, 0.5) is 0 Å². The van der Waals surface area contributed by atoms with Gasteiger partial charge in [-0.2, -0.15) is 0 Å². The van der Waals surface area contributed by atoms with Crippen molar-refractivity contribution in [1.29, 1.82) is 0 Å². The molecule has 0 fully saturated rings. The van der Waals surface area contributed by atoms with Gasteiger partial charge < -0.3 is 48.3 Å². The van der Waals surface area contributed by atoms with Crippen LogP contribution in [0, 0.1) is 5.92 Å². The number of aromatic nitrogens is 2. The summed E-state index contributed by atoms with van der Waals surface area (Å²) in [5.41, 5.74) is 17.2. The first kappa shape index (κ1) is 30.3. The Morgan fingerprint density at radius 2 is 1.67 bits per heavy atom. The third kappa shape index (κ3) is 11.1. The summed E-state index contributed by atoms with van der Waals surface area (Å²) in [7, 11) is 0. The van der Waals surface area contributed by atoms with Crippen molar-refractivity contribution in [2.45, 2.75) is 63.7 Å². The molecule has 1 aromatic rings. The highest BCUT2D eigenvalue weighted by molar-refractivity contribution is 5.94. The van der Waals surface area contributed by atoms with Crippen LogP contribution in [0.3, 0.4) is 0 Å². The number of H-pyrrole nitrogens is 1. The van der Waals surface area contributed by atoms with Crippen LogP contribution in [0.25, 0.3) is 0 Å². The lowest BCUT2D eigenvalue weighted by Crippen LogP contribution is -2.57. The number of aliphatic imine (C=N–C) groups is 1. The molecular weight excluding hydrogens is 474 g/mol. The van der Waals surface area contributed by atoms with Crippen LogP contribution in [-0.4, -0.2) is 87.2 Å². The van der Waals surface area contributed by atoms with Crippen LogP contribution in [0.1, 0.15) is 38.8 Å². The van der Waals surface area contributed by atoms with Crippen LogP contribution in [0.2, 0.25) is 0 Å². The maximum atomic E-state index is 13.1. The fourth-order valence-electron chi connectivity index (χ4n) is 3.21. The van der Waals surface area contributed by atoms with E-state index >= 15 is 0 Å². The second kappa shape index (κ2) is 15.3. The van der Waals surface area contributed by atoms with Crippen molar-refractivity contribution < 1.29 is 29.4 Å². The zero-order chi connectivity index (χ0) is 27.3. The molecule has 0 spiro atoms. The average Bonchev–Trinajstić information content (AvgIpc) is 3.30. The van der Waals surface area contributed by atoms with Gasteiger partial charge in [0.1, 0.15) is 18.1 Å². The molecule has 0 saturated carbocycles. The topological polar surface area (TPSA) is 264 Å². The minimum absolute atomic E-state index is 0.00445. The number of aliphatic hydroxyl groups is 1. The van der Waals surface area contributed by atoms with E-state index in [-0.39, 0.29) is 44.1 Å². The summed E-state index contributed by atoms with van der Waals surface area (Å²) in [6, 6.07) is -4.69. The monoisotopic (exact) mass is 511 g/mol. The zero-order valence-electron chi connectivity index (χ0n) is 20.4. The van der Waals surface area contributed by atoms with Gasteiger partial charge in [0.15, 0.2) is 5.96 Å². The SMILES string of the molecule is CC(C)CC(NC(=O)C(N)Cc1cnc[nH]1)C(=O)NC(CCCN=C(N)N)C(=O)NC(CO)C(=O)O. The number of nitrogens with zero attached hydrogens (tertiary/aromatic N) is 2. The highest BCUT2D eigenvalue weighted by Crippen LogP contribution is 2.08. The largest absolute Gasteiger partial charge is 0.480 e. The Kier molecular flexibility index (Phi) is 12.9. The number of aliphatic hydroxyl groups excluding tert-OH is 1. The van der Waals surface area contributed by atoms with E-state index in [9.17, 15) is 24.3 Å². The number of hydrogen-bond donors (Lipinski definition) is 9. The second-order valence-corrected chi connectivity index (χ2v) is 8.67. The van der Waals surface area contributed by atoms with Gasteiger partial charge in [0.2, 0.25) is 17.7 Å². The number of hydrogen-bond acceptors (Lipinski definition) is 8. The fraction of sp³-hybridized carbons (Fsp3) is 0.619. The van der Waals surface area contributed by atoms with Gasteiger partial charge in [-0.15, -0.1) is 0 Å².